The largest absolute Gasteiger partial charge is 0.332 e. The lowest BCUT2D eigenvalue weighted by atomic mass is 10.1. The van der Waals surface area contributed by atoms with Gasteiger partial charge < -0.3 is 10.6 Å². The molecule has 0 atom stereocenters. The normalized spacial score (nSPS) is 11.1. The van der Waals surface area contributed by atoms with Crippen molar-refractivity contribution in [1.82, 2.24) is 4.98 Å². The van der Waals surface area contributed by atoms with Crippen molar-refractivity contribution in [2.75, 3.05) is 15.4 Å². The molecule has 0 amide bonds. The molecule has 33 heavy (non-hydrogen) atoms. The van der Waals surface area contributed by atoms with Crippen molar-refractivity contribution < 1.29 is 8.42 Å². The summed E-state index contributed by atoms with van der Waals surface area (Å²) in [6.07, 6.45) is 0. The standard InChI is InChI=1S/C22H16Cl2N4O2S3/c23-14-5-9-16(10-6-14)25-21(31)27-22-26-20(13-32-22)18-3-1-2-4-19(18)28-33(29,30)17-11-7-15(24)8-12-17/h1-13,28H,(H2,25,26,27,31). The lowest BCUT2D eigenvalue weighted by molar-refractivity contribution is 0.601. The van der Waals surface area contributed by atoms with Crippen LogP contribution in [0, 0.1) is 0 Å². The average Bonchev–Trinajstić information content (AvgIpc) is 3.24. The summed E-state index contributed by atoms with van der Waals surface area (Å²) < 4.78 is 28.3. The van der Waals surface area contributed by atoms with Gasteiger partial charge in [-0.05, 0) is 66.8 Å². The minimum atomic E-state index is -3.80. The first-order chi connectivity index (χ1) is 15.8. The number of halogens is 2. The fourth-order valence-corrected chi connectivity index (χ4v) is 5.19. The quantitative estimate of drug-likeness (QED) is 0.238. The molecule has 1 aromatic heterocycles. The molecule has 0 saturated carbocycles. The van der Waals surface area contributed by atoms with E-state index in [1.54, 1.807) is 30.3 Å². The predicted octanol–water partition coefficient (Wildman–Crippen LogP) is 6.73. The minimum Gasteiger partial charge on any atom is -0.332 e. The maximum absolute atomic E-state index is 12.8. The molecule has 1 heterocycles. The van der Waals surface area contributed by atoms with E-state index in [0.717, 1.165) is 5.69 Å². The number of rotatable bonds is 6. The smallest absolute Gasteiger partial charge is 0.261 e. The summed E-state index contributed by atoms with van der Waals surface area (Å²) >= 11 is 18.5. The number of anilines is 3. The summed E-state index contributed by atoms with van der Waals surface area (Å²) in [5, 5.41) is 9.94. The lowest BCUT2D eigenvalue weighted by Crippen LogP contribution is -2.18. The van der Waals surface area contributed by atoms with Crippen LogP contribution in [0.3, 0.4) is 0 Å². The molecule has 4 aromatic rings. The van der Waals surface area contributed by atoms with E-state index in [9.17, 15) is 8.42 Å². The Bertz CT molecular complexity index is 1390. The van der Waals surface area contributed by atoms with Crippen LogP contribution in [0.5, 0.6) is 0 Å². The van der Waals surface area contributed by atoms with E-state index in [2.05, 4.69) is 20.3 Å². The van der Waals surface area contributed by atoms with E-state index < -0.39 is 10.0 Å². The van der Waals surface area contributed by atoms with Gasteiger partial charge in [0.25, 0.3) is 10.0 Å². The highest BCUT2D eigenvalue weighted by atomic mass is 35.5. The fourth-order valence-electron chi connectivity index (χ4n) is 2.86. The molecule has 4 rings (SSSR count). The van der Waals surface area contributed by atoms with Crippen molar-refractivity contribution >= 4 is 78.4 Å². The summed E-state index contributed by atoms with van der Waals surface area (Å²) in [4.78, 5) is 4.67. The Morgan fingerprint density at radius 1 is 0.879 bits per heavy atom. The van der Waals surface area contributed by atoms with Gasteiger partial charge in [0.05, 0.1) is 16.3 Å². The van der Waals surface area contributed by atoms with Crippen LogP contribution in [0.2, 0.25) is 10.0 Å². The average molecular weight is 536 g/mol. The van der Waals surface area contributed by atoms with Gasteiger partial charge in [-0.1, -0.05) is 41.4 Å². The Morgan fingerprint density at radius 2 is 1.52 bits per heavy atom. The molecular formula is C22H16Cl2N4O2S3. The van der Waals surface area contributed by atoms with Crippen LogP contribution in [-0.4, -0.2) is 18.5 Å². The number of para-hydroxylation sites is 1. The van der Waals surface area contributed by atoms with Crippen LogP contribution in [0.15, 0.2) is 83.1 Å². The molecule has 0 aliphatic heterocycles. The molecule has 0 radical (unpaired) electrons. The summed E-state index contributed by atoms with van der Waals surface area (Å²) in [7, 11) is -3.80. The monoisotopic (exact) mass is 534 g/mol. The number of sulfonamides is 1. The van der Waals surface area contributed by atoms with Crippen LogP contribution >= 0.6 is 46.8 Å². The molecule has 6 nitrogen and oxygen atoms in total. The number of thiazole rings is 1. The lowest BCUT2D eigenvalue weighted by Gasteiger charge is -2.12. The highest BCUT2D eigenvalue weighted by Crippen LogP contribution is 2.32. The summed E-state index contributed by atoms with van der Waals surface area (Å²) in [5.41, 5.74) is 2.43. The van der Waals surface area contributed by atoms with Crippen molar-refractivity contribution in [3.8, 4) is 11.3 Å². The highest BCUT2D eigenvalue weighted by molar-refractivity contribution is 7.92. The molecule has 0 aliphatic rings. The zero-order chi connectivity index (χ0) is 23.4. The van der Waals surface area contributed by atoms with Gasteiger partial charge in [-0.2, -0.15) is 0 Å². The number of thiocarbonyl (C=S) groups is 1. The molecule has 168 valence electrons. The molecule has 3 N–H and O–H groups in total. The molecular weight excluding hydrogens is 519 g/mol. The van der Waals surface area contributed by atoms with E-state index in [4.69, 9.17) is 35.4 Å². The Morgan fingerprint density at radius 3 is 2.21 bits per heavy atom. The SMILES string of the molecule is O=S(=O)(Nc1ccccc1-c1csc(NC(=S)Nc2ccc(Cl)cc2)n1)c1ccc(Cl)cc1. The first-order valence-corrected chi connectivity index (χ1v) is 13.0. The van der Waals surface area contributed by atoms with Gasteiger partial charge >= 0.3 is 0 Å². The highest BCUT2D eigenvalue weighted by Gasteiger charge is 2.17. The minimum absolute atomic E-state index is 0.112. The predicted molar refractivity (Wildman–Crippen MR) is 141 cm³/mol. The Hall–Kier alpha value is -2.69. The topological polar surface area (TPSA) is 83.1 Å². The van der Waals surface area contributed by atoms with Gasteiger partial charge in [0.1, 0.15) is 0 Å². The van der Waals surface area contributed by atoms with E-state index in [-0.39, 0.29) is 4.90 Å². The van der Waals surface area contributed by atoms with E-state index in [1.807, 2.05) is 23.6 Å². The van der Waals surface area contributed by atoms with Gasteiger partial charge in [0.15, 0.2) is 10.2 Å². The molecule has 0 fully saturated rings. The molecule has 0 spiro atoms. The van der Waals surface area contributed by atoms with E-state index in [1.165, 1.54) is 35.6 Å². The third-order valence-corrected chi connectivity index (χ3v) is 7.25. The maximum Gasteiger partial charge on any atom is 0.261 e. The zero-order valence-electron chi connectivity index (χ0n) is 16.7. The van der Waals surface area contributed by atoms with E-state index >= 15 is 0 Å². The van der Waals surface area contributed by atoms with Gasteiger partial charge in [-0.25, -0.2) is 13.4 Å². The van der Waals surface area contributed by atoms with Gasteiger partial charge in [-0.3, -0.25) is 4.72 Å². The van der Waals surface area contributed by atoms with E-state index in [0.29, 0.717) is 37.2 Å². The number of benzene rings is 3. The number of aromatic nitrogens is 1. The van der Waals surface area contributed by atoms with Gasteiger partial charge in [0.2, 0.25) is 0 Å². The van der Waals surface area contributed by atoms with Crippen LogP contribution in [-0.2, 0) is 10.0 Å². The first-order valence-electron chi connectivity index (χ1n) is 9.47. The second kappa shape index (κ2) is 10.1. The summed E-state index contributed by atoms with van der Waals surface area (Å²) in [6, 6.07) is 20.1. The first kappa shape index (κ1) is 23.5. The van der Waals surface area contributed by atoms with Crippen LogP contribution in [0.1, 0.15) is 0 Å². The van der Waals surface area contributed by atoms with Crippen LogP contribution < -0.4 is 15.4 Å². The number of hydrogen-bond acceptors (Lipinski definition) is 5. The number of hydrogen-bond donors (Lipinski definition) is 3. The Balaban J connectivity index is 1.51. The molecule has 11 heteroatoms. The van der Waals surface area contributed by atoms with Crippen molar-refractivity contribution in [2.24, 2.45) is 0 Å². The third-order valence-electron chi connectivity index (χ3n) is 4.40. The summed E-state index contributed by atoms with van der Waals surface area (Å²) in [5.74, 6) is 0. The fraction of sp³-hybridized carbons (Fsp3) is 0. The number of nitrogens with one attached hydrogen (secondary N) is 3. The van der Waals surface area contributed by atoms with Crippen molar-refractivity contribution in [3.63, 3.8) is 0 Å². The molecule has 0 bridgehead atoms. The van der Waals surface area contributed by atoms with Crippen LogP contribution in [0.4, 0.5) is 16.5 Å². The second-order valence-corrected chi connectivity index (χ2v) is 10.6. The second-order valence-electron chi connectivity index (χ2n) is 6.73. The van der Waals surface area contributed by atoms with Crippen molar-refractivity contribution in [3.05, 3.63) is 88.2 Å². The third kappa shape index (κ3) is 6.01. The Kier molecular flexibility index (Phi) is 7.16. The van der Waals surface area contributed by atoms with Crippen molar-refractivity contribution in [2.45, 2.75) is 4.90 Å². The Labute approximate surface area is 210 Å². The molecule has 0 aliphatic carbocycles. The zero-order valence-corrected chi connectivity index (χ0v) is 20.7. The van der Waals surface area contributed by atoms with Crippen LogP contribution in [0.25, 0.3) is 11.3 Å². The molecule has 3 aromatic carbocycles. The molecule has 0 saturated heterocycles. The maximum atomic E-state index is 12.8. The van der Waals surface area contributed by atoms with Gasteiger partial charge in [-0.15, -0.1) is 11.3 Å². The van der Waals surface area contributed by atoms with Gasteiger partial charge in [0, 0.05) is 26.7 Å². The number of nitrogens with zero attached hydrogens (tertiary/aromatic N) is 1. The molecule has 0 unspecified atom stereocenters. The summed E-state index contributed by atoms with van der Waals surface area (Å²) in [6.45, 7) is 0. The van der Waals surface area contributed by atoms with Crippen molar-refractivity contribution in [1.29, 1.82) is 0 Å².